The second-order valence-corrected chi connectivity index (χ2v) is 5.02. The molecule has 0 aliphatic heterocycles. The van der Waals surface area contributed by atoms with Crippen molar-refractivity contribution in [2.45, 2.75) is 19.8 Å². The average Bonchev–Trinajstić information content (AvgIpc) is 2.91. The molecule has 2 N–H and O–H groups in total. The van der Waals surface area contributed by atoms with Gasteiger partial charge in [0.1, 0.15) is 0 Å². The third-order valence-corrected chi connectivity index (χ3v) is 3.55. The van der Waals surface area contributed by atoms with Gasteiger partial charge in [0.25, 0.3) is 0 Å². The Morgan fingerprint density at radius 1 is 1.19 bits per heavy atom. The van der Waals surface area contributed by atoms with Gasteiger partial charge >= 0.3 is 0 Å². The number of H-pyrrole nitrogens is 1. The van der Waals surface area contributed by atoms with Crippen LogP contribution in [0.2, 0.25) is 0 Å². The van der Waals surface area contributed by atoms with E-state index < -0.39 is 0 Å². The maximum Gasteiger partial charge on any atom is 0.228 e. The Kier molecular flexibility index (Phi) is 3.69. The van der Waals surface area contributed by atoms with E-state index in [0.29, 0.717) is 6.42 Å². The summed E-state index contributed by atoms with van der Waals surface area (Å²) >= 11 is 0. The molecule has 3 rings (SSSR count). The minimum Gasteiger partial charge on any atom is -0.359 e. The summed E-state index contributed by atoms with van der Waals surface area (Å²) in [5, 5.41) is 3.86. The lowest BCUT2D eigenvalue weighted by Gasteiger charge is -2.05. The number of fused-ring (bicyclic) bond motifs is 1. The van der Waals surface area contributed by atoms with Crippen molar-refractivity contribution in [3.05, 3.63) is 60.0 Å². The lowest BCUT2D eigenvalue weighted by molar-refractivity contribution is -0.115. The van der Waals surface area contributed by atoms with Gasteiger partial charge < -0.3 is 10.3 Å². The molecule has 0 radical (unpaired) electrons. The number of aryl methyl sites for hydroxylation is 1. The maximum atomic E-state index is 12.1. The van der Waals surface area contributed by atoms with Gasteiger partial charge in [-0.2, -0.15) is 0 Å². The molecule has 2 aromatic heterocycles. The molecule has 2 heterocycles. The smallest absolute Gasteiger partial charge is 0.228 e. The number of benzene rings is 1. The van der Waals surface area contributed by atoms with Crippen LogP contribution < -0.4 is 5.32 Å². The van der Waals surface area contributed by atoms with Gasteiger partial charge in [0.05, 0.1) is 17.6 Å². The predicted molar refractivity (Wildman–Crippen MR) is 84.2 cm³/mol. The third kappa shape index (κ3) is 2.94. The lowest BCUT2D eigenvalue weighted by atomic mass is 10.1. The van der Waals surface area contributed by atoms with E-state index in [4.69, 9.17) is 0 Å². The first-order valence-electron chi connectivity index (χ1n) is 7.05. The quantitative estimate of drug-likeness (QED) is 0.769. The van der Waals surface area contributed by atoms with Crippen LogP contribution in [0.25, 0.3) is 10.9 Å². The topological polar surface area (TPSA) is 57.8 Å². The molecule has 0 saturated heterocycles. The highest BCUT2D eigenvalue weighted by molar-refractivity contribution is 6.01. The molecule has 0 spiro atoms. The van der Waals surface area contributed by atoms with Gasteiger partial charge in [-0.25, -0.2) is 0 Å². The molecular weight excluding hydrogens is 262 g/mol. The molecule has 0 fully saturated rings. The van der Waals surface area contributed by atoms with Crippen LogP contribution in [0.3, 0.4) is 0 Å². The van der Waals surface area contributed by atoms with Crippen LogP contribution in [0.1, 0.15) is 18.1 Å². The van der Waals surface area contributed by atoms with Crippen LogP contribution in [0, 0.1) is 0 Å². The van der Waals surface area contributed by atoms with Crippen LogP contribution in [-0.4, -0.2) is 15.9 Å². The molecular formula is C17H17N3O. The number of nitrogens with one attached hydrogen (secondary N) is 2. The number of anilines is 1. The Labute approximate surface area is 123 Å². The van der Waals surface area contributed by atoms with Crippen LogP contribution in [0.5, 0.6) is 0 Å². The first-order chi connectivity index (χ1) is 10.3. The van der Waals surface area contributed by atoms with Crippen molar-refractivity contribution in [2.75, 3.05) is 5.32 Å². The van der Waals surface area contributed by atoms with Crippen LogP contribution in [0.15, 0.2) is 48.9 Å². The molecule has 0 aliphatic rings. The zero-order valence-electron chi connectivity index (χ0n) is 11.9. The first kappa shape index (κ1) is 13.4. The highest BCUT2D eigenvalue weighted by Gasteiger charge is 2.08. The number of hydrogen-bond donors (Lipinski definition) is 2. The van der Waals surface area contributed by atoms with Crippen LogP contribution in [0.4, 0.5) is 5.69 Å². The van der Waals surface area contributed by atoms with E-state index in [1.54, 1.807) is 18.6 Å². The van der Waals surface area contributed by atoms with Gasteiger partial charge in [0, 0.05) is 24.0 Å². The zero-order chi connectivity index (χ0) is 14.7. The van der Waals surface area contributed by atoms with Crippen LogP contribution in [-0.2, 0) is 17.6 Å². The first-order valence-corrected chi connectivity index (χ1v) is 7.05. The van der Waals surface area contributed by atoms with Crippen LogP contribution >= 0.6 is 0 Å². The SMILES string of the molecule is CCc1ccc(CC(=O)Nc2c[nH]c3ccncc23)cc1. The molecule has 1 amide bonds. The number of carbonyl (C=O) groups excluding carboxylic acids is 1. The number of pyridine rings is 1. The summed E-state index contributed by atoms with van der Waals surface area (Å²) in [7, 11) is 0. The van der Waals surface area contributed by atoms with E-state index in [-0.39, 0.29) is 5.91 Å². The number of nitrogens with zero attached hydrogens (tertiary/aromatic N) is 1. The predicted octanol–water partition coefficient (Wildman–Crippen LogP) is 3.31. The second kappa shape index (κ2) is 5.79. The molecule has 0 unspecified atom stereocenters. The highest BCUT2D eigenvalue weighted by Crippen LogP contribution is 2.21. The van der Waals surface area contributed by atoms with Crippen molar-refractivity contribution in [2.24, 2.45) is 0 Å². The van der Waals surface area contributed by atoms with Gasteiger partial charge in [0.15, 0.2) is 0 Å². The summed E-state index contributed by atoms with van der Waals surface area (Å²) in [5.74, 6) is -0.0241. The molecule has 0 saturated carbocycles. The molecule has 4 nitrogen and oxygen atoms in total. The summed E-state index contributed by atoms with van der Waals surface area (Å²) in [4.78, 5) is 19.3. The summed E-state index contributed by atoms with van der Waals surface area (Å²) in [6.45, 7) is 2.12. The summed E-state index contributed by atoms with van der Waals surface area (Å²) in [6, 6.07) is 10.0. The Morgan fingerprint density at radius 2 is 1.95 bits per heavy atom. The summed E-state index contributed by atoms with van der Waals surface area (Å²) in [5.41, 5.74) is 4.03. The fourth-order valence-electron chi connectivity index (χ4n) is 2.34. The van der Waals surface area contributed by atoms with Crippen molar-refractivity contribution >= 4 is 22.5 Å². The Morgan fingerprint density at radius 3 is 2.71 bits per heavy atom. The fourth-order valence-corrected chi connectivity index (χ4v) is 2.34. The van der Waals surface area contributed by atoms with E-state index in [0.717, 1.165) is 28.6 Å². The fraction of sp³-hybridized carbons (Fsp3) is 0.176. The number of aromatic amines is 1. The molecule has 0 atom stereocenters. The molecule has 4 heteroatoms. The van der Waals surface area contributed by atoms with E-state index in [9.17, 15) is 4.79 Å². The van der Waals surface area contributed by atoms with Gasteiger partial charge in [-0.3, -0.25) is 9.78 Å². The van der Waals surface area contributed by atoms with Crippen molar-refractivity contribution < 1.29 is 4.79 Å². The third-order valence-electron chi connectivity index (χ3n) is 3.55. The number of amides is 1. The van der Waals surface area contributed by atoms with Gasteiger partial charge in [-0.1, -0.05) is 31.2 Å². The van der Waals surface area contributed by atoms with Crippen molar-refractivity contribution in [3.63, 3.8) is 0 Å². The van der Waals surface area contributed by atoms with Gasteiger partial charge in [-0.15, -0.1) is 0 Å². The largest absolute Gasteiger partial charge is 0.359 e. The molecule has 3 aromatic rings. The van der Waals surface area contributed by atoms with E-state index in [2.05, 4.69) is 34.3 Å². The monoisotopic (exact) mass is 279 g/mol. The Hall–Kier alpha value is -2.62. The van der Waals surface area contributed by atoms with E-state index in [1.165, 1.54) is 5.56 Å². The molecule has 21 heavy (non-hydrogen) atoms. The minimum absolute atomic E-state index is 0.0241. The lowest BCUT2D eigenvalue weighted by Crippen LogP contribution is -2.14. The number of hydrogen-bond acceptors (Lipinski definition) is 2. The summed E-state index contributed by atoms with van der Waals surface area (Å²) < 4.78 is 0. The highest BCUT2D eigenvalue weighted by atomic mass is 16.1. The van der Waals surface area contributed by atoms with E-state index >= 15 is 0 Å². The molecule has 106 valence electrons. The average molecular weight is 279 g/mol. The maximum absolute atomic E-state index is 12.1. The minimum atomic E-state index is -0.0241. The standard InChI is InChI=1S/C17H17N3O/c1-2-12-3-5-13(6-4-12)9-17(21)20-16-11-19-15-7-8-18-10-14(15)16/h3-8,10-11,19H,2,9H2,1H3,(H,20,21). The van der Waals surface area contributed by atoms with Gasteiger partial charge in [0.2, 0.25) is 5.91 Å². The number of carbonyl (C=O) groups is 1. The van der Waals surface area contributed by atoms with Crippen molar-refractivity contribution in [1.29, 1.82) is 0 Å². The second-order valence-electron chi connectivity index (χ2n) is 5.02. The number of aromatic nitrogens is 2. The zero-order valence-corrected chi connectivity index (χ0v) is 11.9. The summed E-state index contributed by atoms with van der Waals surface area (Å²) in [6.07, 6.45) is 6.65. The molecule has 0 aliphatic carbocycles. The Bertz CT molecular complexity index is 759. The van der Waals surface area contributed by atoms with Crippen molar-refractivity contribution in [1.82, 2.24) is 9.97 Å². The molecule has 0 bridgehead atoms. The normalized spacial score (nSPS) is 10.7. The number of rotatable bonds is 4. The molecule has 1 aromatic carbocycles. The van der Waals surface area contributed by atoms with Crippen molar-refractivity contribution in [3.8, 4) is 0 Å². The van der Waals surface area contributed by atoms with Gasteiger partial charge in [-0.05, 0) is 23.6 Å². The van der Waals surface area contributed by atoms with E-state index in [1.807, 2.05) is 18.2 Å². The Balaban J connectivity index is 1.71.